The number of benzene rings is 1. The first kappa shape index (κ1) is 18.6. The monoisotopic (exact) mass is 400 g/mol. The third-order valence-electron chi connectivity index (χ3n) is 6.45. The molecule has 0 unspecified atom stereocenters. The smallest absolute Gasteiger partial charge is 0.301 e. The van der Waals surface area contributed by atoms with Crippen molar-refractivity contribution in [2.45, 2.75) is 44.4 Å². The van der Waals surface area contributed by atoms with Crippen LogP contribution in [0.4, 0.5) is 0 Å². The van der Waals surface area contributed by atoms with Gasteiger partial charge in [-0.2, -0.15) is 0 Å². The van der Waals surface area contributed by atoms with E-state index < -0.39 is 18.5 Å². The van der Waals surface area contributed by atoms with Crippen molar-refractivity contribution >= 4 is 23.2 Å². The lowest BCUT2D eigenvalue weighted by atomic mass is 9.90. The molecule has 5 rings (SSSR count). The molecule has 5 atom stereocenters. The van der Waals surface area contributed by atoms with Crippen LogP contribution in [-0.2, 0) is 20.7 Å². The number of fused-ring (bicyclic) bond motifs is 5. The van der Waals surface area contributed by atoms with Gasteiger partial charge < -0.3 is 24.2 Å². The summed E-state index contributed by atoms with van der Waals surface area (Å²) in [7, 11) is 1.44. The van der Waals surface area contributed by atoms with Crippen molar-refractivity contribution in [2.24, 2.45) is 5.92 Å². The first-order valence-electron chi connectivity index (χ1n) is 9.98. The number of aliphatic hydroxyl groups excluding tert-OH is 1. The number of methoxy groups -OCH3 is 1. The van der Waals surface area contributed by atoms with Crippen molar-refractivity contribution < 1.29 is 28.9 Å². The number of amides is 1. The molecule has 1 fully saturated rings. The van der Waals surface area contributed by atoms with Crippen molar-refractivity contribution in [2.75, 3.05) is 20.2 Å². The van der Waals surface area contributed by atoms with E-state index in [4.69, 9.17) is 14.2 Å². The fourth-order valence-electron chi connectivity index (χ4n) is 5.01. The molecule has 3 aliphatic heterocycles. The van der Waals surface area contributed by atoms with Gasteiger partial charge >= 0.3 is 5.91 Å². The predicted molar refractivity (Wildman–Crippen MR) is 103 cm³/mol. The average Bonchev–Trinajstić information content (AvgIpc) is 3.22. The molecule has 2 aromatic rings. The van der Waals surface area contributed by atoms with Crippen LogP contribution in [0, 0.1) is 5.92 Å². The number of carbonyl (C=O) groups is 2. The Labute approximate surface area is 167 Å². The molecular weight excluding hydrogens is 376 g/mol. The number of para-hydroxylation sites is 1. The van der Waals surface area contributed by atoms with Crippen LogP contribution in [0.5, 0.6) is 5.75 Å². The molecule has 0 radical (unpaired) electrons. The molecule has 8 nitrogen and oxygen atoms in total. The minimum Gasteiger partial charge on any atom is -0.453 e. The second-order valence-corrected chi connectivity index (χ2v) is 7.97. The average molecular weight is 400 g/mol. The fraction of sp³-hybridized carbons (Fsp3) is 0.524. The summed E-state index contributed by atoms with van der Waals surface area (Å²) >= 11 is 0. The zero-order chi connectivity index (χ0) is 20.3. The molecule has 0 spiro atoms. The summed E-state index contributed by atoms with van der Waals surface area (Å²) in [5, 5.41) is 11.7. The summed E-state index contributed by atoms with van der Waals surface area (Å²) in [5.41, 5.74) is 2.41. The Bertz CT molecular complexity index is 985. The summed E-state index contributed by atoms with van der Waals surface area (Å²) in [6.45, 7) is 2.92. The van der Waals surface area contributed by atoms with E-state index >= 15 is 0 Å². The first-order chi connectivity index (χ1) is 14.0. The van der Waals surface area contributed by atoms with Crippen LogP contribution in [0.1, 0.15) is 35.5 Å². The van der Waals surface area contributed by atoms with Gasteiger partial charge in [0.25, 0.3) is 6.29 Å². The van der Waals surface area contributed by atoms with Crippen LogP contribution in [0.15, 0.2) is 18.2 Å². The van der Waals surface area contributed by atoms with Gasteiger partial charge in [-0.05, 0) is 31.4 Å². The molecule has 3 aliphatic rings. The second kappa shape index (κ2) is 6.83. The molecule has 29 heavy (non-hydrogen) atoms. The Hall–Kier alpha value is -2.42. The number of carbonyl (C=O) groups excluding carboxylic acids is 2. The molecule has 1 amide bonds. The second-order valence-electron chi connectivity index (χ2n) is 7.97. The molecule has 4 heterocycles. The molecule has 8 heteroatoms. The SMILES string of the molecule is CO[C@H]1Oc2cccc3c4c(n(c23)C1=O)[C@@H]1O[C@H](C)[C@@H](O)[C@@H]1CCN(C=O)CC4. The topological polar surface area (TPSA) is 90.2 Å². The van der Waals surface area contributed by atoms with Crippen LogP contribution < -0.4 is 4.74 Å². The fourth-order valence-corrected chi connectivity index (χ4v) is 5.01. The number of ether oxygens (including phenoxy) is 3. The highest BCUT2D eigenvalue weighted by Crippen LogP contribution is 2.47. The predicted octanol–water partition coefficient (Wildman–Crippen LogP) is 1.49. The Kier molecular flexibility index (Phi) is 4.38. The van der Waals surface area contributed by atoms with Gasteiger partial charge in [0.2, 0.25) is 6.41 Å². The molecule has 154 valence electrons. The lowest BCUT2D eigenvalue weighted by Crippen LogP contribution is -2.38. The van der Waals surface area contributed by atoms with E-state index in [1.165, 1.54) is 7.11 Å². The van der Waals surface area contributed by atoms with Crippen molar-refractivity contribution in [3.05, 3.63) is 29.5 Å². The van der Waals surface area contributed by atoms with Gasteiger partial charge in [0.1, 0.15) is 11.9 Å². The lowest BCUT2D eigenvalue weighted by Gasteiger charge is -2.27. The molecule has 1 N–H and O–H groups in total. The number of hydrogen-bond donors (Lipinski definition) is 1. The van der Waals surface area contributed by atoms with Crippen molar-refractivity contribution in [3.63, 3.8) is 0 Å². The molecule has 1 aromatic carbocycles. The standard InChI is InChI=1S/C21H24N2O6/c1-11-18(25)14-7-9-22(10-24)8-6-13-12-4-3-5-15-16(12)23(17(13)19(14)28-11)20(26)21(27-2)29-15/h3-5,10-11,14,18-19,21,25H,6-9H2,1-2H3/t11-,14+,18-,19-,21+/m1/s1. The number of hydrogen-bond acceptors (Lipinski definition) is 6. The largest absolute Gasteiger partial charge is 0.453 e. The molecule has 0 saturated carbocycles. The van der Waals surface area contributed by atoms with Crippen LogP contribution in [0.25, 0.3) is 10.9 Å². The van der Waals surface area contributed by atoms with Gasteiger partial charge in [0.05, 0.1) is 23.4 Å². The minimum absolute atomic E-state index is 0.218. The quantitative estimate of drug-likeness (QED) is 0.769. The van der Waals surface area contributed by atoms with Gasteiger partial charge in [0, 0.05) is 31.5 Å². The Morgan fingerprint density at radius 2 is 2.14 bits per heavy atom. The van der Waals surface area contributed by atoms with Crippen molar-refractivity contribution in [3.8, 4) is 5.75 Å². The maximum atomic E-state index is 13.3. The number of nitrogens with zero attached hydrogens (tertiary/aromatic N) is 2. The number of aliphatic hydroxyl groups is 1. The summed E-state index contributed by atoms with van der Waals surface area (Å²) in [4.78, 5) is 26.5. The van der Waals surface area contributed by atoms with E-state index in [9.17, 15) is 14.7 Å². The number of aromatic nitrogens is 1. The highest BCUT2D eigenvalue weighted by Gasteiger charge is 2.47. The van der Waals surface area contributed by atoms with Crippen molar-refractivity contribution in [1.82, 2.24) is 9.47 Å². The highest BCUT2D eigenvalue weighted by molar-refractivity contribution is 6.02. The summed E-state index contributed by atoms with van der Waals surface area (Å²) < 4.78 is 18.9. The lowest BCUT2D eigenvalue weighted by molar-refractivity contribution is -0.118. The molecule has 1 aromatic heterocycles. The Morgan fingerprint density at radius 1 is 1.31 bits per heavy atom. The zero-order valence-corrected chi connectivity index (χ0v) is 16.4. The van der Waals surface area contributed by atoms with Crippen LogP contribution in [0.3, 0.4) is 0 Å². The summed E-state index contributed by atoms with van der Waals surface area (Å²) in [6, 6.07) is 5.67. The maximum absolute atomic E-state index is 13.3. The molecular formula is C21H24N2O6. The molecule has 1 saturated heterocycles. The van der Waals surface area contributed by atoms with Crippen LogP contribution >= 0.6 is 0 Å². The number of rotatable bonds is 2. The van der Waals surface area contributed by atoms with E-state index in [0.717, 1.165) is 23.1 Å². The molecule has 0 bridgehead atoms. The molecule has 0 aliphatic carbocycles. The summed E-state index contributed by atoms with van der Waals surface area (Å²) in [6.07, 6.45) is -0.473. The third kappa shape index (κ3) is 2.63. The maximum Gasteiger partial charge on any atom is 0.301 e. The van der Waals surface area contributed by atoms with E-state index in [-0.39, 0.29) is 17.9 Å². The van der Waals surface area contributed by atoms with Gasteiger partial charge in [0.15, 0.2) is 0 Å². The van der Waals surface area contributed by atoms with E-state index in [0.29, 0.717) is 37.2 Å². The van der Waals surface area contributed by atoms with E-state index in [1.54, 1.807) is 9.47 Å². The van der Waals surface area contributed by atoms with Gasteiger partial charge in [-0.1, -0.05) is 12.1 Å². The highest BCUT2D eigenvalue weighted by atomic mass is 16.7. The Balaban J connectivity index is 1.78. The third-order valence-corrected chi connectivity index (χ3v) is 6.45. The van der Waals surface area contributed by atoms with Gasteiger partial charge in [-0.15, -0.1) is 0 Å². The Morgan fingerprint density at radius 3 is 2.90 bits per heavy atom. The van der Waals surface area contributed by atoms with Crippen LogP contribution in [0.2, 0.25) is 0 Å². The van der Waals surface area contributed by atoms with Crippen molar-refractivity contribution in [1.29, 1.82) is 0 Å². The van der Waals surface area contributed by atoms with E-state index in [2.05, 4.69) is 0 Å². The summed E-state index contributed by atoms with van der Waals surface area (Å²) in [5.74, 6) is 0.0548. The van der Waals surface area contributed by atoms with E-state index in [1.807, 2.05) is 25.1 Å². The zero-order valence-electron chi connectivity index (χ0n) is 16.4. The normalized spacial score (nSPS) is 31.5. The minimum atomic E-state index is -1.04. The van der Waals surface area contributed by atoms with Gasteiger partial charge in [-0.3, -0.25) is 14.2 Å². The van der Waals surface area contributed by atoms with Gasteiger partial charge in [-0.25, -0.2) is 0 Å². The van der Waals surface area contributed by atoms with Crippen LogP contribution in [-0.4, -0.2) is 65.6 Å². The first-order valence-corrected chi connectivity index (χ1v) is 9.98.